The van der Waals surface area contributed by atoms with Gasteiger partial charge < -0.3 is 15.4 Å². The molecule has 1 atom stereocenters. The molecule has 3 N–H and O–H groups in total. The third-order valence-electron chi connectivity index (χ3n) is 2.49. The number of rotatable bonds is 5. The number of nitrogens with zero attached hydrogens (tertiary/aromatic N) is 2. The van der Waals surface area contributed by atoms with E-state index in [4.69, 9.17) is 15.9 Å². The molecule has 1 heterocycles. The maximum absolute atomic E-state index is 7.27. The summed E-state index contributed by atoms with van der Waals surface area (Å²) in [4.78, 5) is 6.27. The first-order valence-corrected chi connectivity index (χ1v) is 5.08. The Kier molecular flexibility index (Phi) is 4.25. The molecule has 0 saturated heterocycles. The van der Waals surface area contributed by atoms with E-state index in [1.165, 1.54) is 0 Å². The Morgan fingerprint density at radius 1 is 1.62 bits per heavy atom. The van der Waals surface area contributed by atoms with E-state index in [2.05, 4.69) is 11.9 Å². The molecule has 1 rings (SSSR count). The predicted octanol–water partition coefficient (Wildman–Crippen LogP) is 0.837. The fourth-order valence-corrected chi connectivity index (χ4v) is 1.33. The Hall–Kier alpha value is -1.62. The summed E-state index contributed by atoms with van der Waals surface area (Å²) in [6.07, 6.45) is 1.60. The number of nitrogens with two attached hydrogens (primary N) is 1. The molecule has 1 unspecified atom stereocenters. The van der Waals surface area contributed by atoms with Crippen molar-refractivity contribution in [1.82, 2.24) is 4.98 Å². The molecule has 0 aliphatic heterocycles. The molecule has 0 radical (unpaired) electrons. The van der Waals surface area contributed by atoms with Gasteiger partial charge in [-0.2, -0.15) is 0 Å². The Morgan fingerprint density at radius 3 is 2.75 bits per heavy atom. The normalized spacial score (nSPS) is 12.2. The smallest absolute Gasteiger partial charge is 0.128 e. The summed E-state index contributed by atoms with van der Waals surface area (Å²) in [7, 11) is 3.63. The van der Waals surface area contributed by atoms with Gasteiger partial charge >= 0.3 is 0 Å². The number of pyridine rings is 1. The second kappa shape index (κ2) is 5.46. The molecule has 0 saturated carbocycles. The predicted molar refractivity (Wildman–Crippen MR) is 65.0 cm³/mol. The largest absolute Gasteiger partial charge is 0.384 e. The second-order valence-corrected chi connectivity index (χ2v) is 3.73. The third kappa shape index (κ3) is 2.93. The van der Waals surface area contributed by atoms with Crippen molar-refractivity contribution in [3.63, 3.8) is 0 Å². The van der Waals surface area contributed by atoms with Crippen LogP contribution in [0, 0.1) is 5.41 Å². The van der Waals surface area contributed by atoms with E-state index >= 15 is 0 Å². The first-order chi connectivity index (χ1) is 7.56. The van der Waals surface area contributed by atoms with Crippen molar-refractivity contribution >= 4 is 11.7 Å². The maximum Gasteiger partial charge on any atom is 0.128 e. The summed E-state index contributed by atoms with van der Waals surface area (Å²) in [6, 6.07) is 3.89. The fraction of sp³-hybridized carbons (Fsp3) is 0.455. The zero-order valence-corrected chi connectivity index (χ0v) is 9.90. The van der Waals surface area contributed by atoms with Crippen molar-refractivity contribution in [3.05, 3.63) is 23.9 Å². The van der Waals surface area contributed by atoms with E-state index in [0.717, 1.165) is 5.82 Å². The van der Waals surface area contributed by atoms with Crippen LogP contribution in [0.4, 0.5) is 5.82 Å². The molecule has 5 heteroatoms. The van der Waals surface area contributed by atoms with Gasteiger partial charge in [0, 0.05) is 25.9 Å². The summed E-state index contributed by atoms with van der Waals surface area (Å²) in [5.74, 6) is 0.876. The van der Waals surface area contributed by atoms with Crippen LogP contribution in [-0.4, -0.2) is 37.6 Å². The number of likely N-dealkylation sites (N-methyl/N-ethyl adjacent to an activating group) is 1. The average Bonchev–Trinajstić information content (AvgIpc) is 2.28. The number of aromatic nitrogens is 1. The van der Waals surface area contributed by atoms with Crippen LogP contribution >= 0.6 is 0 Å². The summed E-state index contributed by atoms with van der Waals surface area (Å²) < 4.78 is 5.08. The Labute approximate surface area is 95.7 Å². The van der Waals surface area contributed by atoms with E-state index in [-0.39, 0.29) is 11.9 Å². The minimum Gasteiger partial charge on any atom is -0.384 e. The van der Waals surface area contributed by atoms with Crippen molar-refractivity contribution in [2.24, 2.45) is 5.73 Å². The van der Waals surface area contributed by atoms with Crippen LogP contribution in [0.3, 0.4) is 0 Å². The van der Waals surface area contributed by atoms with Crippen LogP contribution in [0.5, 0.6) is 0 Å². The summed E-state index contributed by atoms with van der Waals surface area (Å²) in [5.41, 5.74) is 5.99. The number of hydrogen-bond acceptors (Lipinski definition) is 4. The number of ether oxygens (including phenoxy) is 1. The number of nitrogens with one attached hydrogen (secondary N) is 1. The number of hydrogen-bond donors (Lipinski definition) is 2. The van der Waals surface area contributed by atoms with Crippen molar-refractivity contribution in [2.75, 3.05) is 25.7 Å². The summed E-state index contributed by atoms with van der Waals surface area (Å²) in [5, 5.41) is 7.27. The SMILES string of the molecule is COCC(C)N(C)c1ccc(C(=N)N)cn1. The first-order valence-electron chi connectivity index (χ1n) is 5.08. The van der Waals surface area contributed by atoms with Gasteiger partial charge in [0.05, 0.1) is 12.6 Å². The lowest BCUT2D eigenvalue weighted by Crippen LogP contribution is -2.33. The van der Waals surface area contributed by atoms with Crippen molar-refractivity contribution in [1.29, 1.82) is 5.41 Å². The molecule has 0 fully saturated rings. The number of nitrogen functional groups attached to an aromatic ring is 1. The number of amidine groups is 1. The molecular formula is C11H18N4O. The molecule has 0 spiro atoms. The first kappa shape index (κ1) is 12.4. The topological polar surface area (TPSA) is 75.2 Å². The third-order valence-corrected chi connectivity index (χ3v) is 2.49. The van der Waals surface area contributed by atoms with Crippen LogP contribution in [0.25, 0.3) is 0 Å². The van der Waals surface area contributed by atoms with Crippen LogP contribution < -0.4 is 10.6 Å². The monoisotopic (exact) mass is 222 g/mol. The Bertz CT molecular complexity index is 350. The zero-order valence-electron chi connectivity index (χ0n) is 9.90. The number of anilines is 1. The fourth-order valence-electron chi connectivity index (χ4n) is 1.33. The van der Waals surface area contributed by atoms with E-state index in [0.29, 0.717) is 12.2 Å². The molecule has 0 aliphatic rings. The van der Waals surface area contributed by atoms with Gasteiger partial charge in [-0.05, 0) is 19.1 Å². The molecule has 16 heavy (non-hydrogen) atoms. The van der Waals surface area contributed by atoms with Crippen molar-refractivity contribution in [2.45, 2.75) is 13.0 Å². The minimum atomic E-state index is 0.0339. The lowest BCUT2D eigenvalue weighted by atomic mass is 10.2. The molecule has 0 bridgehead atoms. The maximum atomic E-state index is 7.27. The van der Waals surface area contributed by atoms with E-state index in [1.54, 1.807) is 19.4 Å². The highest BCUT2D eigenvalue weighted by Crippen LogP contribution is 2.12. The molecule has 0 aliphatic carbocycles. The van der Waals surface area contributed by atoms with Crippen LogP contribution in [0.15, 0.2) is 18.3 Å². The van der Waals surface area contributed by atoms with Gasteiger partial charge in [-0.15, -0.1) is 0 Å². The van der Waals surface area contributed by atoms with Gasteiger partial charge in [0.2, 0.25) is 0 Å². The lowest BCUT2D eigenvalue weighted by Gasteiger charge is -2.25. The van der Waals surface area contributed by atoms with Gasteiger partial charge in [0.1, 0.15) is 11.7 Å². The molecule has 0 amide bonds. The van der Waals surface area contributed by atoms with Crippen LogP contribution in [0.1, 0.15) is 12.5 Å². The van der Waals surface area contributed by atoms with Crippen LogP contribution in [0.2, 0.25) is 0 Å². The molecule has 0 aromatic carbocycles. The molecule has 1 aromatic rings. The lowest BCUT2D eigenvalue weighted by molar-refractivity contribution is 0.183. The summed E-state index contributed by atoms with van der Waals surface area (Å²) in [6.45, 7) is 2.71. The summed E-state index contributed by atoms with van der Waals surface area (Å²) >= 11 is 0. The number of methoxy groups -OCH3 is 1. The van der Waals surface area contributed by atoms with Gasteiger partial charge in [-0.3, -0.25) is 5.41 Å². The van der Waals surface area contributed by atoms with Gasteiger partial charge in [-0.25, -0.2) is 4.98 Å². The molecule has 1 aromatic heterocycles. The highest BCUT2D eigenvalue weighted by molar-refractivity contribution is 5.94. The van der Waals surface area contributed by atoms with Gasteiger partial charge in [0.15, 0.2) is 0 Å². The highest BCUT2D eigenvalue weighted by atomic mass is 16.5. The van der Waals surface area contributed by atoms with Gasteiger partial charge in [-0.1, -0.05) is 0 Å². The molecule has 88 valence electrons. The Morgan fingerprint density at radius 2 is 2.31 bits per heavy atom. The van der Waals surface area contributed by atoms with E-state index < -0.39 is 0 Å². The van der Waals surface area contributed by atoms with Gasteiger partial charge in [0.25, 0.3) is 0 Å². The minimum absolute atomic E-state index is 0.0339. The quantitative estimate of drug-likeness (QED) is 0.571. The standard InChI is InChI=1S/C11H18N4O/c1-8(7-16-3)15(2)10-5-4-9(6-14-10)11(12)13/h4-6,8H,7H2,1-3H3,(H3,12,13). The average molecular weight is 222 g/mol. The van der Waals surface area contributed by atoms with Crippen molar-refractivity contribution in [3.8, 4) is 0 Å². The molecular weight excluding hydrogens is 204 g/mol. The highest BCUT2D eigenvalue weighted by Gasteiger charge is 2.10. The zero-order chi connectivity index (χ0) is 12.1. The second-order valence-electron chi connectivity index (χ2n) is 3.73. The van der Waals surface area contributed by atoms with E-state index in [9.17, 15) is 0 Å². The molecule has 5 nitrogen and oxygen atoms in total. The Balaban J connectivity index is 2.77. The van der Waals surface area contributed by atoms with Crippen LogP contribution in [-0.2, 0) is 4.74 Å². The van der Waals surface area contributed by atoms with E-state index in [1.807, 2.05) is 18.0 Å². The van der Waals surface area contributed by atoms with Crippen molar-refractivity contribution < 1.29 is 4.74 Å².